The standard InChI is InChI=1S/C14H20O/c15-14(8-3-1-2-4-8)13-11-9-5-6-10(7-9)12(11)13/h8-13H,1-7H2. The van der Waals surface area contributed by atoms with Gasteiger partial charge in [0.25, 0.3) is 0 Å². The van der Waals surface area contributed by atoms with Crippen molar-refractivity contribution in [1.82, 2.24) is 0 Å². The molecule has 4 aliphatic rings. The van der Waals surface area contributed by atoms with Crippen molar-refractivity contribution in [3.05, 3.63) is 0 Å². The number of Topliss-reactive ketones (excluding diaryl/α,β-unsaturated/α-hetero) is 1. The van der Waals surface area contributed by atoms with Crippen LogP contribution in [0.3, 0.4) is 0 Å². The molecule has 4 rings (SSSR count). The van der Waals surface area contributed by atoms with Gasteiger partial charge >= 0.3 is 0 Å². The highest BCUT2D eigenvalue weighted by Gasteiger charge is 2.67. The summed E-state index contributed by atoms with van der Waals surface area (Å²) >= 11 is 0. The first kappa shape index (κ1) is 8.78. The third-order valence-corrected chi connectivity index (χ3v) is 5.82. The highest BCUT2D eigenvalue weighted by atomic mass is 16.1. The lowest BCUT2D eigenvalue weighted by atomic mass is 9.92. The Morgan fingerprint density at radius 3 is 2.07 bits per heavy atom. The second-order valence-electron chi connectivity index (χ2n) is 6.40. The fourth-order valence-corrected chi connectivity index (χ4v) is 5.19. The molecular weight excluding hydrogens is 184 g/mol. The third-order valence-electron chi connectivity index (χ3n) is 5.82. The second kappa shape index (κ2) is 2.87. The Balaban J connectivity index is 1.50. The van der Waals surface area contributed by atoms with Crippen LogP contribution in [0, 0.1) is 35.5 Å². The van der Waals surface area contributed by atoms with E-state index in [1.54, 1.807) is 0 Å². The molecule has 0 aromatic heterocycles. The molecule has 0 heterocycles. The first-order valence-corrected chi connectivity index (χ1v) is 6.90. The van der Waals surface area contributed by atoms with E-state index in [-0.39, 0.29) is 0 Å². The van der Waals surface area contributed by atoms with Gasteiger partial charge in [0.15, 0.2) is 0 Å². The number of carbonyl (C=O) groups excluding carboxylic acids is 1. The van der Waals surface area contributed by atoms with Gasteiger partial charge < -0.3 is 0 Å². The molecule has 4 saturated carbocycles. The smallest absolute Gasteiger partial charge is 0.139 e. The van der Waals surface area contributed by atoms with Crippen LogP contribution >= 0.6 is 0 Å². The maximum Gasteiger partial charge on any atom is 0.139 e. The number of ketones is 1. The fourth-order valence-electron chi connectivity index (χ4n) is 5.19. The zero-order chi connectivity index (χ0) is 9.99. The van der Waals surface area contributed by atoms with Crippen molar-refractivity contribution in [3.8, 4) is 0 Å². The molecule has 1 nitrogen and oxygen atoms in total. The molecule has 0 radical (unpaired) electrons. The van der Waals surface area contributed by atoms with Crippen LogP contribution in [0.5, 0.6) is 0 Å². The maximum absolute atomic E-state index is 12.3. The van der Waals surface area contributed by atoms with Crippen LogP contribution < -0.4 is 0 Å². The van der Waals surface area contributed by atoms with Crippen LogP contribution in [0.4, 0.5) is 0 Å². The van der Waals surface area contributed by atoms with E-state index in [4.69, 9.17) is 0 Å². The quantitative estimate of drug-likeness (QED) is 0.675. The molecule has 0 aromatic rings. The molecule has 0 amide bonds. The van der Waals surface area contributed by atoms with E-state index >= 15 is 0 Å². The Hall–Kier alpha value is -0.330. The first-order chi connectivity index (χ1) is 7.36. The molecule has 0 aliphatic heterocycles. The molecule has 0 aromatic carbocycles. The van der Waals surface area contributed by atoms with Gasteiger partial charge in [0.1, 0.15) is 5.78 Å². The van der Waals surface area contributed by atoms with E-state index < -0.39 is 0 Å². The molecule has 2 bridgehead atoms. The van der Waals surface area contributed by atoms with Gasteiger partial charge in [-0.3, -0.25) is 4.79 Å². The summed E-state index contributed by atoms with van der Waals surface area (Å²) in [4.78, 5) is 12.3. The summed E-state index contributed by atoms with van der Waals surface area (Å²) in [6.45, 7) is 0. The fraction of sp³-hybridized carbons (Fsp3) is 0.929. The molecule has 0 N–H and O–H groups in total. The van der Waals surface area contributed by atoms with E-state index in [0.717, 1.165) is 23.7 Å². The maximum atomic E-state index is 12.3. The minimum absolute atomic E-state index is 0.486. The highest BCUT2D eigenvalue weighted by molar-refractivity contribution is 5.87. The van der Waals surface area contributed by atoms with E-state index in [2.05, 4.69) is 0 Å². The predicted molar refractivity (Wildman–Crippen MR) is 58.3 cm³/mol. The molecule has 15 heavy (non-hydrogen) atoms. The van der Waals surface area contributed by atoms with Crippen molar-refractivity contribution in [3.63, 3.8) is 0 Å². The lowest BCUT2D eigenvalue weighted by Gasteiger charge is -2.11. The Morgan fingerprint density at radius 1 is 0.867 bits per heavy atom. The van der Waals surface area contributed by atoms with Crippen LogP contribution in [0.2, 0.25) is 0 Å². The molecule has 4 aliphatic carbocycles. The summed E-state index contributed by atoms with van der Waals surface area (Å²) in [5, 5.41) is 0. The zero-order valence-corrected chi connectivity index (χ0v) is 9.32. The van der Waals surface area contributed by atoms with E-state index in [1.165, 1.54) is 44.9 Å². The Kier molecular flexibility index (Phi) is 1.68. The molecule has 82 valence electrons. The van der Waals surface area contributed by atoms with Crippen molar-refractivity contribution >= 4 is 5.78 Å². The second-order valence-corrected chi connectivity index (χ2v) is 6.40. The molecule has 0 saturated heterocycles. The summed E-state index contributed by atoms with van der Waals surface area (Å²) in [5.74, 6) is 5.41. The average molecular weight is 204 g/mol. The predicted octanol–water partition coefficient (Wildman–Crippen LogP) is 3.04. The topological polar surface area (TPSA) is 17.1 Å². The van der Waals surface area contributed by atoms with E-state index in [0.29, 0.717) is 17.6 Å². The monoisotopic (exact) mass is 204 g/mol. The Bertz CT molecular complexity index is 286. The van der Waals surface area contributed by atoms with Crippen molar-refractivity contribution < 1.29 is 4.79 Å². The summed E-state index contributed by atoms with van der Waals surface area (Å²) < 4.78 is 0. The summed E-state index contributed by atoms with van der Waals surface area (Å²) in [7, 11) is 0. The lowest BCUT2D eigenvalue weighted by Crippen LogP contribution is -2.17. The van der Waals surface area contributed by atoms with Gasteiger partial charge in [0.2, 0.25) is 0 Å². The van der Waals surface area contributed by atoms with Gasteiger partial charge in [0.05, 0.1) is 0 Å². The van der Waals surface area contributed by atoms with Crippen LogP contribution in [0.1, 0.15) is 44.9 Å². The molecule has 1 heteroatoms. The van der Waals surface area contributed by atoms with Crippen LogP contribution in [0.15, 0.2) is 0 Å². The number of rotatable bonds is 2. The molecular formula is C14H20O. The largest absolute Gasteiger partial charge is 0.299 e. The van der Waals surface area contributed by atoms with Gasteiger partial charge in [-0.15, -0.1) is 0 Å². The van der Waals surface area contributed by atoms with Crippen molar-refractivity contribution in [2.45, 2.75) is 44.9 Å². The number of carbonyl (C=O) groups is 1. The van der Waals surface area contributed by atoms with Crippen molar-refractivity contribution in [2.75, 3.05) is 0 Å². The number of fused-ring (bicyclic) bond motifs is 5. The first-order valence-electron chi connectivity index (χ1n) is 6.90. The van der Waals surface area contributed by atoms with Gasteiger partial charge in [-0.2, -0.15) is 0 Å². The lowest BCUT2D eigenvalue weighted by molar-refractivity contribution is -0.124. The highest BCUT2D eigenvalue weighted by Crippen LogP contribution is 2.70. The zero-order valence-electron chi connectivity index (χ0n) is 9.32. The SMILES string of the molecule is O=C(C1CCCC1)C1C2C3CCC(C3)C12. The normalized spacial score (nSPS) is 52.1. The van der Waals surface area contributed by atoms with Crippen molar-refractivity contribution in [2.24, 2.45) is 35.5 Å². The summed E-state index contributed by atoms with van der Waals surface area (Å²) in [6.07, 6.45) is 9.41. The van der Waals surface area contributed by atoms with Crippen LogP contribution in [-0.4, -0.2) is 5.78 Å². The van der Waals surface area contributed by atoms with Crippen molar-refractivity contribution in [1.29, 1.82) is 0 Å². The summed E-state index contributed by atoms with van der Waals surface area (Å²) in [5.41, 5.74) is 0. The summed E-state index contributed by atoms with van der Waals surface area (Å²) in [6, 6.07) is 0. The molecule has 4 atom stereocenters. The average Bonchev–Trinajstić information content (AvgIpc) is 2.70. The van der Waals surface area contributed by atoms with Gasteiger partial charge in [-0.1, -0.05) is 12.8 Å². The molecule has 4 fully saturated rings. The number of hydrogen-bond donors (Lipinski definition) is 0. The van der Waals surface area contributed by atoms with Gasteiger partial charge in [-0.05, 0) is 55.8 Å². The minimum Gasteiger partial charge on any atom is -0.299 e. The van der Waals surface area contributed by atoms with Gasteiger partial charge in [0, 0.05) is 11.8 Å². The van der Waals surface area contributed by atoms with Crippen LogP contribution in [-0.2, 0) is 4.79 Å². The van der Waals surface area contributed by atoms with Gasteiger partial charge in [-0.25, -0.2) is 0 Å². The Morgan fingerprint density at radius 2 is 1.47 bits per heavy atom. The molecule has 0 spiro atoms. The minimum atomic E-state index is 0.486. The number of hydrogen-bond acceptors (Lipinski definition) is 1. The van der Waals surface area contributed by atoms with E-state index in [1.807, 2.05) is 0 Å². The van der Waals surface area contributed by atoms with E-state index in [9.17, 15) is 4.79 Å². The third kappa shape index (κ3) is 1.07. The van der Waals surface area contributed by atoms with Crippen LogP contribution in [0.25, 0.3) is 0 Å². The Labute approximate surface area is 91.6 Å². The molecule has 4 unspecified atom stereocenters.